The Labute approximate surface area is 132 Å². The molecule has 0 unspecified atom stereocenters. The molecule has 1 aromatic heterocycles. The lowest BCUT2D eigenvalue weighted by atomic mass is 10.2. The second kappa shape index (κ2) is 6.01. The normalized spacial score (nSPS) is 16.1. The van der Waals surface area contributed by atoms with Crippen LogP contribution in [-0.4, -0.2) is 47.1 Å². The number of hydrogen-bond acceptors (Lipinski definition) is 5. The number of halogens is 1. The van der Waals surface area contributed by atoms with E-state index < -0.39 is 11.7 Å². The molecule has 2 rings (SSSR count). The maximum Gasteiger partial charge on any atom is 0.417 e. The molecular formula is C14H18BrN3O3. The number of amides is 2. The van der Waals surface area contributed by atoms with Crippen LogP contribution in [0.15, 0.2) is 22.9 Å². The molecular weight excluding hydrogens is 338 g/mol. The van der Waals surface area contributed by atoms with E-state index in [2.05, 4.69) is 20.9 Å². The fourth-order valence-electron chi connectivity index (χ4n) is 1.98. The van der Waals surface area contributed by atoms with E-state index in [1.807, 2.05) is 11.0 Å². The number of aromatic nitrogens is 1. The van der Waals surface area contributed by atoms with E-state index in [4.69, 9.17) is 4.74 Å². The largest absolute Gasteiger partial charge is 0.443 e. The third kappa shape index (κ3) is 4.17. The van der Waals surface area contributed by atoms with Gasteiger partial charge in [0.2, 0.25) is 0 Å². The van der Waals surface area contributed by atoms with E-state index in [9.17, 15) is 9.59 Å². The minimum atomic E-state index is -0.608. The zero-order chi connectivity index (χ0) is 15.6. The number of anilines is 1. The van der Waals surface area contributed by atoms with Crippen molar-refractivity contribution in [2.24, 2.45) is 0 Å². The van der Waals surface area contributed by atoms with Gasteiger partial charge in [0, 0.05) is 23.8 Å². The van der Waals surface area contributed by atoms with E-state index in [-0.39, 0.29) is 12.5 Å². The van der Waals surface area contributed by atoms with E-state index in [1.165, 1.54) is 0 Å². The predicted octanol–water partition coefficient (Wildman–Crippen LogP) is 2.43. The maximum atomic E-state index is 12.1. The van der Waals surface area contributed by atoms with Gasteiger partial charge in [0.25, 0.3) is 5.91 Å². The molecule has 1 aliphatic heterocycles. The topological polar surface area (TPSA) is 62.7 Å². The highest BCUT2D eigenvalue weighted by atomic mass is 79.9. The first-order chi connectivity index (χ1) is 9.76. The maximum absolute atomic E-state index is 12.1. The summed E-state index contributed by atoms with van der Waals surface area (Å²) >= 11 is 3.35. The first kappa shape index (κ1) is 15.8. The number of imide groups is 1. The van der Waals surface area contributed by atoms with Crippen LogP contribution in [0.25, 0.3) is 0 Å². The molecule has 0 aliphatic carbocycles. The number of nitrogens with zero attached hydrogens (tertiary/aromatic N) is 3. The summed E-state index contributed by atoms with van der Waals surface area (Å²) in [6.07, 6.45) is 2.79. The van der Waals surface area contributed by atoms with Gasteiger partial charge in [-0.3, -0.25) is 9.78 Å². The van der Waals surface area contributed by atoms with Gasteiger partial charge in [0.15, 0.2) is 0 Å². The molecule has 0 spiro atoms. The fraction of sp³-hybridized carbons (Fsp3) is 0.500. The highest BCUT2D eigenvalue weighted by molar-refractivity contribution is 9.10. The zero-order valence-electron chi connectivity index (χ0n) is 12.3. The van der Waals surface area contributed by atoms with Crippen LogP contribution < -0.4 is 4.90 Å². The van der Waals surface area contributed by atoms with Crippen molar-refractivity contribution >= 4 is 33.6 Å². The van der Waals surface area contributed by atoms with E-state index in [1.54, 1.807) is 33.2 Å². The van der Waals surface area contributed by atoms with Crippen LogP contribution in [0.5, 0.6) is 0 Å². The van der Waals surface area contributed by atoms with Crippen LogP contribution in [0, 0.1) is 0 Å². The minimum Gasteiger partial charge on any atom is -0.443 e. The van der Waals surface area contributed by atoms with Gasteiger partial charge in [-0.05, 0) is 42.8 Å². The summed E-state index contributed by atoms with van der Waals surface area (Å²) in [5.41, 5.74) is 0.240. The Morgan fingerprint density at radius 3 is 2.62 bits per heavy atom. The molecule has 6 nitrogen and oxygen atoms in total. The highest BCUT2D eigenvalue weighted by Crippen LogP contribution is 2.21. The average molecular weight is 356 g/mol. The summed E-state index contributed by atoms with van der Waals surface area (Å²) in [5, 5.41) is 0. The summed E-state index contributed by atoms with van der Waals surface area (Å²) in [4.78, 5) is 31.2. The van der Waals surface area contributed by atoms with Gasteiger partial charge in [-0.15, -0.1) is 0 Å². The van der Waals surface area contributed by atoms with Crippen LogP contribution in [0.4, 0.5) is 10.5 Å². The monoisotopic (exact) mass is 355 g/mol. The molecule has 1 aliphatic rings. The minimum absolute atomic E-state index is 0.136. The summed E-state index contributed by atoms with van der Waals surface area (Å²) in [5.74, 6) is -0.268. The van der Waals surface area contributed by atoms with Gasteiger partial charge < -0.3 is 9.64 Å². The van der Waals surface area contributed by atoms with Gasteiger partial charge >= 0.3 is 6.09 Å². The van der Waals surface area contributed by atoms with Crippen molar-refractivity contribution in [2.75, 3.05) is 24.5 Å². The summed E-state index contributed by atoms with van der Waals surface area (Å²) < 4.78 is 6.08. The highest BCUT2D eigenvalue weighted by Gasteiger charge is 2.32. The van der Waals surface area contributed by atoms with Crippen molar-refractivity contribution in [2.45, 2.75) is 26.4 Å². The van der Waals surface area contributed by atoms with Crippen molar-refractivity contribution in [3.63, 3.8) is 0 Å². The lowest BCUT2D eigenvalue weighted by molar-refractivity contribution is -0.130. The molecule has 0 bridgehead atoms. The van der Waals surface area contributed by atoms with Crippen LogP contribution in [0.3, 0.4) is 0 Å². The number of carbonyl (C=O) groups excluding carboxylic acids is 2. The molecule has 21 heavy (non-hydrogen) atoms. The van der Waals surface area contributed by atoms with Crippen LogP contribution in [0.1, 0.15) is 20.8 Å². The third-order valence-corrected chi connectivity index (χ3v) is 3.32. The Hall–Kier alpha value is -1.63. The van der Waals surface area contributed by atoms with Crippen LogP contribution >= 0.6 is 15.9 Å². The molecule has 2 amide bonds. The molecule has 2 heterocycles. The molecule has 1 fully saturated rings. The molecule has 114 valence electrons. The van der Waals surface area contributed by atoms with Crippen molar-refractivity contribution in [1.82, 2.24) is 9.88 Å². The third-order valence-electron chi connectivity index (χ3n) is 2.89. The van der Waals surface area contributed by atoms with Gasteiger partial charge in [0.05, 0.1) is 18.4 Å². The van der Waals surface area contributed by atoms with Crippen molar-refractivity contribution < 1.29 is 14.3 Å². The standard InChI is InChI=1S/C14H18BrN3O3/c1-14(2,3)21-13(20)18-5-4-17(9-12(18)19)11-6-10(15)7-16-8-11/h6-8H,4-5,9H2,1-3H3. The Bertz CT molecular complexity index is 557. The molecule has 0 N–H and O–H groups in total. The van der Waals surface area contributed by atoms with Crippen molar-refractivity contribution in [3.8, 4) is 0 Å². The molecule has 0 aromatic carbocycles. The first-order valence-electron chi connectivity index (χ1n) is 6.65. The Kier molecular flexibility index (Phi) is 4.51. The Balaban J connectivity index is 2.02. The molecule has 1 saturated heterocycles. The molecule has 0 atom stereocenters. The number of piperazine rings is 1. The summed E-state index contributed by atoms with van der Waals surface area (Å²) in [7, 11) is 0. The predicted molar refractivity (Wildman–Crippen MR) is 82.1 cm³/mol. The molecule has 7 heteroatoms. The quantitative estimate of drug-likeness (QED) is 0.773. The number of carbonyl (C=O) groups is 2. The van der Waals surface area contributed by atoms with Crippen molar-refractivity contribution in [3.05, 3.63) is 22.9 Å². The number of hydrogen-bond donors (Lipinski definition) is 0. The van der Waals surface area contributed by atoms with E-state index in [0.29, 0.717) is 13.1 Å². The van der Waals surface area contributed by atoms with Crippen LogP contribution in [0.2, 0.25) is 0 Å². The van der Waals surface area contributed by atoms with Gasteiger partial charge in [-0.25, -0.2) is 9.69 Å². The average Bonchev–Trinajstić information content (AvgIpc) is 2.36. The van der Waals surface area contributed by atoms with E-state index >= 15 is 0 Å². The van der Waals surface area contributed by atoms with E-state index in [0.717, 1.165) is 15.1 Å². The van der Waals surface area contributed by atoms with Gasteiger partial charge in [0.1, 0.15) is 5.60 Å². The van der Waals surface area contributed by atoms with Gasteiger partial charge in [-0.1, -0.05) is 0 Å². The lowest BCUT2D eigenvalue weighted by Gasteiger charge is -2.35. The number of pyridine rings is 1. The Morgan fingerprint density at radius 1 is 1.33 bits per heavy atom. The SMILES string of the molecule is CC(C)(C)OC(=O)N1CCN(c2cncc(Br)c2)CC1=O. The zero-order valence-corrected chi connectivity index (χ0v) is 13.9. The van der Waals surface area contributed by atoms with Crippen LogP contribution in [-0.2, 0) is 9.53 Å². The molecule has 1 aromatic rings. The second-order valence-corrected chi connectivity index (χ2v) is 6.72. The van der Waals surface area contributed by atoms with Crippen molar-refractivity contribution in [1.29, 1.82) is 0 Å². The fourth-order valence-corrected chi connectivity index (χ4v) is 2.33. The number of rotatable bonds is 1. The molecule has 0 radical (unpaired) electrons. The summed E-state index contributed by atoms with van der Waals surface area (Å²) in [6, 6.07) is 1.89. The van der Waals surface area contributed by atoms with Gasteiger partial charge in [-0.2, -0.15) is 0 Å². The Morgan fingerprint density at radius 2 is 2.05 bits per heavy atom. The lowest BCUT2D eigenvalue weighted by Crippen LogP contribution is -2.53. The summed E-state index contributed by atoms with van der Waals surface area (Å²) in [6.45, 7) is 6.33. The smallest absolute Gasteiger partial charge is 0.417 e. The second-order valence-electron chi connectivity index (χ2n) is 5.81. The number of ether oxygens (including phenoxy) is 1. The first-order valence-corrected chi connectivity index (χ1v) is 7.44. The molecule has 0 saturated carbocycles.